The normalized spacial score (nSPS) is 10.4. The predicted molar refractivity (Wildman–Crippen MR) is 100 cm³/mol. The second-order valence-electron chi connectivity index (χ2n) is 5.80. The summed E-state index contributed by atoms with van der Waals surface area (Å²) in [6.45, 7) is -0.131. The molecular weight excluding hydrogens is 348 g/mol. The number of rotatable bonds is 6. The van der Waals surface area contributed by atoms with Crippen LogP contribution >= 0.6 is 0 Å². The molecule has 2 heterocycles. The van der Waals surface area contributed by atoms with E-state index in [1.165, 1.54) is 17.9 Å². The summed E-state index contributed by atoms with van der Waals surface area (Å²) in [5.74, 6) is -0.601. The van der Waals surface area contributed by atoms with Gasteiger partial charge in [-0.25, -0.2) is 4.98 Å². The number of carbonyl (C=O) groups is 3. The van der Waals surface area contributed by atoms with Gasteiger partial charge in [-0.1, -0.05) is 6.07 Å². The zero-order valence-electron chi connectivity index (χ0n) is 14.8. The third-order valence-corrected chi connectivity index (χ3v) is 3.96. The van der Waals surface area contributed by atoms with Crippen LogP contribution in [0.4, 0.5) is 11.5 Å². The van der Waals surface area contributed by atoms with Crippen molar-refractivity contribution >= 4 is 40.6 Å². The van der Waals surface area contributed by atoms with Crippen LogP contribution in [0.15, 0.2) is 42.9 Å². The maximum absolute atomic E-state index is 12.4. The molecule has 0 saturated heterocycles. The van der Waals surface area contributed by atoms with E-state index in [0.717, 1.165) is 15.8 Å². The number of nitrogens with one attached hydrogen (secondary N) is 2. The Morgan fingerprint density at radius 1 is 1.26 bits per heavy atom. The molecule has 0 unspecified atom stereocenters. The SMILES string of the molecule is CNc1ncn(CC(=O)Nc2ccc3ncccc3c2)c1C(=O)N(C)C=O. The summed E-state index contributed by atoms with van der Waals surface area (Å²) in [6, 6.07) is 9.11. The minimum Gasteiger partial charge on any atom is -0.371 e. The molecule has 2 N–H and O–H groups in total. The lowest BCUT2D eigenvalue weighted by atomic mass is 10.2. The fraction of sp³-hybridized carbons (Fsp3) is 0.167. The maximum atomic E-state index is 12.4. The number of imidazole rings is 1. The van der Waals surface area contributed by atoms with Crippen LogP contribution in [0, 0.1) is 0 Å². The molecule has 0 spiro atoms. The van der Waals surface area contributed by atoms with Gasteiger partial charge in [0.1, 0.15) is 6.54 Å². The van der Waals surface area contributed by atoms with Crippen LogP contribution in [-0.4, -0.2) is 51.8 Å². The zero-order chi connectivity index (χ0) is 19.4. The largest absolute Gasteiger partial charge is 0.371 e. The van der Waals surface area contributed by atoms with Gasteiger partial charge >= 0.3 is 0 Å². The summed E-state index contributed by atoms with van der Waals surface area (Å²) in [7, 11) is 2.95. The van der Waals surface area contributed by atoms with Crippen molar-refractivity contribution in [1.82, 2.24) is 19.4 Å². The molecule has 0 atom stereocenters. The quantitative estimate of drug-likeness (QED) is 0.637. The Hall–Kier alpha value is -3.75. The average Bonchev–Trinajstić information content (AvgIpc) is 3.08. The Morgan fingerprint density at radius 3 is 2.81 bits per heavy atom. The molecule has 3 amide bonds. The lowest BCUT2D eigenvalue weighted by molar-refractivity contribution is -0.116. The molecule has 3 aromatic rings. The molecule has 3 rings (SSSR count). The van der Waals surface area contributed by atoms with Crippen molar-refractivity contribution < 1.29 is 14.4 Å². The third kappa shape index (κ3) is 3.76. The van der Waals surface area contributed by atoms with Gasteiger partial charge in [-0.05, 0) is 24.3 Å². The Labute approximate surface area is 155 Å². The minimum atomic E-state index is -0.559. The fourth-order valence-corrected chi connectivity index (χ4v) is 2.63. The lowest BCUT2D eigenvalue weighted by Crippen LogP contribution is -2.29. The van der Waals surface area contributed by atoms with E-state index >= 15 is 0 Å². The van der Waals surface area contributed by atoms with Gasteiger partial charge in [-0.15, -0.1) is 0 Å². The number of anilines is 2. The molecule has 0 aliphatic rings. The highest BCUT2D eigenvalue weighted by atomic mass is 16.2. The van der Waals surface area contributed by atoms with E-state index < -0.39 is 5.91 Å². The molecule has 0 aliphatic heterocycles. The smallest absolute Gasteiger partial charge is 0.280 e. The van der Waals surface area contributed by atoms with Crippen LogP contribution in [0.5, 0.6) is 0 Å². The molecule has 0 radical (unpaired) electrons. The number of imide groups is 1. The second kappa shape index (κ2) is 7.65. The van der Waals surface area contributed by atoms with Crippen molar-refractivity contribution in [1.29, 1.82) is 0 Å². The number of amides is 3. The molecule has 138 valence electrons. The number of pyridine rings is 1. The molecule has 1 aromatic carbocycles. The Bertz CT molecular complexity index is 1010. The predicted octanol–water partition coefficient (Wildman–Crippen LogP) is 1.34. The first-order valence-corrected chi connectivity index (χ1v) is 8.13. The fourth-order valence-electron chi connectivity index (χ4n) is 2.63. The minimum absolute atomic E-state index is 0.130. The highest BCUT2D eigenvalue weighted by Crippen LogP contribution is 2.18. The first-order valence-electron chi connectivity index (χ1n) is 8.13. The number of hydrogen-bond acceptors (Lipinski definition) is 6. The van der Waals surface area contributed by atoms with Crippen molar-refractivity contribution in [2.45, 2.75) is 6.54 Å². The van der Waals surface area contributed by atoms with Gasteiger partial charge < -0.3 is 15.2 Å². The summed E-state index contributed by atoms with van der Waals surface area (Å²) in [5.41, 5.74) is 1.57. The topological polar surface area (TPSA) is 109 Å². The van der Waals surface area contributed by atoms with E-state index in [2.05, 4.69) is 20.6 Å². The molecule has 2 aromatic heterocycles. The average molecular weight is 366 g/mol. The van der Waals surface area contributed by atoms with E-state index in [9.17, 15) is 14.4 Å². The number of hydrogen-bond donors (Lipinski definition) is 2. The number of benzene rings is 1. The van der Waals surface area contributed by atoms with Crippen LogP contribution in [0.2, 0.25) is 0 Å². The van der Waals surface area contributed by atoms with Crippen LogP contribution in [0.1, 0.15) is 10.5 Å². The standard InChI is InChI=1S/C18H18N6O3/c1-19-17-16(18(27)23(2)11-25)24(10-21-17)9-15(26)22-13-5-6-14-12(8-13)4-3-7-20-14/h3-8,10-11,19H,9H2,1-2H3,(H,22,26). The van der Waals surface area contributed by atoms with Crippen molar-refractivity contribution in [3.05, 3.63) is 48.5 Å². The zero-order valence-corrected chi connectivity index (χ0v) is 14.8. The number of carbonyl (C=O) groups excluding carboxylic acids is 3. The van der Waals surface area contributed by atoms with Crippen molar-refractivity contribution in [3.63, 3.8) is 0 Å². The molecule has 9 nitrogen and oxygen atoms in total. The van der Waals surface area contributed by atoms with Crippen LogP contribution < -0.4 is 10.6 Å². The van der Waals surface area contributed by atoms with E-state index in [4.69, 9.17) is 0 Å². The Morgan fingerprint density at radius 2 is 2.07 bits per heavy atom. The molecule has 9 heteroatoms. The molecule has 0 bridgehead atoms. The molecule has 27 heavy (non-hydrogen) atoms. The first-order chi connectivity index (χ1) is 13.0. The van der Waals surface area contributed by atoms with Gasteiger partial charge in [0.15, 0.2) is 11.5 Å². The molecule has 0 saturated carbocycles. The maximum Gasteiger partial charge on any atom is 0.280 e. The number of aromatic nitrogens is 3. The Kier molecular flexibility index (Phi) is 5.11. The van der Waals surface area contributed by atoms with Crippen LogP contribution in [-0.2, 0) is 16.1 Å². The molecule has 0 aliphatic carbocycles. The molecule has 0 fully saturated rings. The number of fused-ring (bicyclic) bond motifs is 1. The van der Waals surface area contributed by atoms with Crippen molar-refractivity contribution in [3.8, 4) is 0 Å². The second-order valence-corrected chi connectivity index (χ2v) is 5.80. The first kappa shape index (κ1) is 18.1. The van der Waals surface area contributed by atoms with E-state index in [1.807, 2.05) is 24.3 Å². The summed E-state index contributed by atoms with van der Waals surface area (Å²) in [5, 5.41) is 6.48. The number of nitrogens with zero attached hydrogens (tertiary/aromatic N) is 4. The summed E-state index contributed by atoms with van der Waals surface area (Å²) in [4.78, 5) is 44.9. The van der Waals surface area contributed by atoms with Crippen LogP contribution in [0.3, 0.4) is 0 Å². The summed E-state index contributed by atoms with van der Waals surface area (Å²) in [6.07, 6.45) is 3.48. The lowest BCUT2D eigenvalue weighted by Gasteiger charge is -2.13. The van der Waals surface area contributed by atoms with E-state index in [0.29, 0.717) is 17.9 Å². The van der Waals surface area contributed by atoms with Gasteiger partial charge in [0.2, 0.25) is 12.3 Å². The highest BCUT2D eigenvalue weighted by Gasteiger charge is 2.22. The van der Waals surface area contributed by atoms with Gasteiger partial charge in [-0.2, -0.15) is 0 Å². The van der Waals surface area contributed by atoms with Gasteiger partial charge in [0.05, 0.1) is 11.8 Å². The third-order valence-electron chi connectivity index (χ3n) is 3.96. The van der Waals surface area contributed by atoms with E-state index in [-0.39, 0.29) is 18.1 Å². The summed E-state index contributed by atoms with van der Waals surface area (Å²) < 4.78 is 1.39. The monoisotopic (exact) mass is 366 g/mol. The highest BCUT2D eigenvalue weighted by molar-refractivity contribution is 6.02. The summed E-state index contributed by atoms with van der Waals surface area (Å²) >= 11 is 0. The van der Waals surface area contributed by atoms with E-state index in [1.54, 1.807) is 19.3 Å². The van der Waals surface area contributed by atoms with Gasteiger partial charge in [-0.3, -0.25) is 24.3 Å². The van der Waals surface area contributed by atoms with Gasteiger partial charge in [0.25, 0.3) is 5.91 Å². The Balaban J connectivity index is 1.80. The van der Waals surface area contributed by atoms with Crippen molar-refractivity contribution in [2.24, 2.45) is 0 Å². The van der Waals surface area contributed by atoms with Gasteiger partial charge in [0, 0.05) is 31.4 Å². The van der Waals surface area contributed by atoms with Crippen molar-refractivity contribution in [2.75, 3.05) is 24.7 Å². The van der Waals surface area contributed by atoms with Crippen LogP contribution in [0.25, 0.3) is 10.9 Å². The molecular formula is C18H18N6O3.